The van der Waals surface area contributed by atoms with E-state index in [2.05, 4.69) is 0 Å². The molecule has 0 saturated heterocycles. The summed E-state index contributed by atoms with van der Waals surface area (Å²) < 4.78 is 35.9. The second kappa shape index (κ2) is 4.96. The van der Waals surface area contributed by atoms with Gasteiger partial charge in [0.15, 0.2) is 0 Å². The first-order valence-electron chi connectivity index (χ1n) is 5.50. The molecular formula is C14H15F3O. The molecule has 0 aliphatic heterocycles. The molecule has 1 rings (SSSR count). The Labute approximate surface area is 104 Å². The second-order valence-corrected chi connectivity index (χ2v) is 5.07. The standard InChI is InChI=1S/C14H15F3O/c1-13(2,3)11-7-4-10(5-8-11)6-9-12(18)14(15,16)17/h4-9H,1-3H3/b9-6+. The van der Waals surface area contributed by atoms with E-state index in [1.165, 1.54) is 6.08 Å². The molecule has 1 aromatic rings. The Balaban J connectivity index is 2.82. The number of allylic oxidation sites excluding steroid dienone is 1. The van der Waals surface area contributed by atoms with Crippen LogP contribution in [0.25, 0.3) is 6.08 Å². The monoisotopic (exact) mass is 256 g/mol. The molecule has 0 N–H and O–H groups in total. The summed E-state index contributed by atoms with van der Waals surface area (Å²) in [5.41, 5.74) is 1.65. The van der Waals surface area contributed by atoms with Crippen LogP contribution in [-0.2, 0) is 10.2 Å². The lowest BCUT2D eigenvalue weighted by molar-refractivity contribution is -0.165. The van der Waals surface area contributed by atoms with Crippen LogP contribution in [0.5, 0.6) is 0 Å². The Kier molecular flexibility index (Phi) is 3.99. The van der Waals surface area contributed by atoms with E-state index in [-0.39, 0.29) is 5.41 Å². The number of hydrogen-bond donors (Lipinski definition) is 0. The molecule has 0 spiro atoms. The van der Waals surface area contributed by atoms with Crippen LogP contribution in [0.4, 0.5) is 13.2 Å². The lowest BCUT2D eigenvalue weighted by atomic mass is 9.87. The van der Waals surface area contributed by atoms with Crippen LogP contribution in [0.2, 0.25) is 0 Å². The zero-order valence-electron chi connectivity index (χ0n) is 10.5. The summed E-state index contributed by atoms with van der Waals surface area (Å²) in [4.78, 5) is 10.7. The fourth-order valence-corrected chi connectivity index (χ4v) is 1.36. The van der Waals surface area contributed by atoms with E-state index >= 15 is 0 Å². The third-order valence-electron chi connectivity index (χ3n) is 2.48. The van der Waals surface area contributed by atoms with E-state index in [1.807, 2.05) is 32.9 Å². The first-order valence-corrected chi connectivity index (χ1v) is 5.50. The zero-order valence-corrected chi connectivity index (χ0v) is 10.5. The first kappa shape index (κ1) is 14.5. The van der Waals surface area contributed by atoms with Gasteiger partial charge in [-0.2, -0.15) is 13.2 Å². The highest BCUT2D eigenvalue weighted by atomic mass is 19.4. The molecule has 0 aliphatic carbocycles. The number of hydrogen-bond acceptors (Lipinski definition) is 1. The van der Waals surface area contributed by atoms with Crippen molar-refractivity contribution in [2.75, 3.05) is 0 Å². The van der Waals surface area contributed by atoms with Crippen LogP contribution >= 0.6 is 0 Å². The quantitative estimate of drug-likeness (QED) is 0.727. The number of benzene rings is 1. The fraction of sp³-hybridized carbons (Fsp3) is 0.357. The number of alkyl halides is 3. The lowest BCUT2D eigenvalue weighted by Gasteiger charge is -2.18. The van der Waals surface area contributed by atoms with E-state index in [1.54, 1.807) is 12.1 Å². The summed E-state index contributed by atoms with van der Waals surface area (Å²) in [6, 6.07) is 7.08. The number of carbonyl (C=O) groups excluding carboxylic acids is 1. The fourth-order valence-electron chi connectivity index (χ4n) is 1.36. The molecule has 4 heteroatoms. The molecule has 0 fully saturated rings. The number of halogens is 3. The molecule has 0 amide bonds. The zero-order chi connectivity index (χ0) is 14.0. The molecule has 98 valence electrons. The van der Waals surface area contributed by atoms with Crippen molar-refractivity contribution in [1.82, 2.24) is 0 Å². The van der Waals surface area contributed by atoms with Gasteiger partial charge in [0.1, 0.15) is 0 Å². The number of rotatable bonds is 2. The minimum atomic E-state index is -4.80. The van der Waals surface area contributed by atoms with Gasteiger partial charge >= 0.3 is 6.18 Å². The van der Waals surface area contributed by atoms with E-state index in [9.17, 15) is 18.0 Å². The highest BCUT2D eigenvalue weighted by Crippen LogP contribution is 2.23. The summed E-state index contributed by atoms with van der Waals surface area (Å²) in [5, 5.41) is 0. The van der Waals surface area contributed by atoms with Crippen molar-refractivity contribution >= 4 is 11.9 Å². The van der Waals surface area contributed by atoms with Crippen LogP contribution in [0, 0.1) is 0 Å². The highest BCUT2D eigenvalue weighted by Gasteiger charge is 2.35. The van der Waals surface area contributed by atoms with E-state index < -0.39 is 12.0 Å². The Morgan fingerprint density at radius 1 is 1.06 bits per heavy atom. The molecule has 18 heavy (non-hydrogen) atoms. The second-order valence-electron chi connectivity index (χ2n) is 5.07. The minimum Gasteiger partial charge on any atom is -0.285 e. The number of ketones is 1. The van der Waals surface area contributed by atoms with Crippen molar-refractivity contribution in [2.24, 2.45) is 0 Å². The summed E-state index contributed by atoms with van der Waals surface area (Å²) >= 11 is 0. The first-order chi connectivity index (χ1) is 8.10. The van der Waals surface area contributed by atoms with Crippen LogP contribution in [0.15, 0.2) is 30.3 Å². The minimum absolute atomic E-state index is 0.00989. The molecule has 0 bridgehead atoms. The van der Waals surface area contributed by atoms with E-state index in [4.69, 9.17) is 0 Å². The van der Waals surface area contributed by atoms with Crippen LogP contribution in [-0.4, -0.2) is 12.0 Å². The molecular weight excluding hydrogens is 241 g/mol. The highest BCUT2D eigenvalue weighted by molar-refractivity contribution is 5.97. The Morgan fingerprint density at radius 2 is 1.56 bits per heavy atom. The van der Waals surface area contributed by atoms with Crippen molar-refractivity contribution in [3.8, 4) is 0 Å². The van der Waals surface area contributed by atoms with Gasteiger partial charge in [-0.25, -0.2) is 0 Å². The van der Waals surface area contributed by atoms with Gasteiger partial charge in [0.2, 0.25) is 0 Å². The van der Waals surface area contributed by atoms with Crippen molar-refractivity contribution in [3.05, 3.63) is 41.5 Å². The SMILES string of the molecule is CC(C)(C)c1ccc(/C=C/C(=O)C(F)(F)F)cc1. The van der Waals surface area contributed by atoms with E-state index in [0.29, 0.717) is 11.6 Å². The summed E-state index contributed by atoms with van der Waals surface area (Å²) in [6.07, 6.45) is -3.09. The van der Waals surface area contributed by atoms with Crippen LogP contribution in [0.3, 0.4) is 0 Å². The lowest BCUT2D eigenvalue weighted by Crippen LogP contribution is -2.19. The van der Waals surface area contributed by atoms with Gasteiger partial charge < -0.3 is 0 Å². The predicted molar refractivity (Wildman–Crippen MR) is 65.2 cm³/mol. The smallest absolute Gasteiger partial charge is 0.285 e. The van der Waals surface area contributed by atoms with Crippen LogP contribution in [0.1, 0.15) is 31.9 Å². The maximum atomic E-state index is 12.0. The van der Waals surface area contributed by atoms with Gasteiger partial charge in [0.25, 0.3) is 5.78 Å². The van der Waals surface area contributed by atoms with Crippen molar-refractivity contribution in [1.29, 1.82) is 0 Å². The predicted octanol–water partition coefficient (Wildman–Crippen LogP) is 4.13. The third kappa shape index (κ3) is 4.02. The maximum absolute atomic E-state index is 12.0. The molecule has 0 heterocycles. The summed E-state index contributed by atoms with van der Waals surface area (Å²) in [6.45, 7) is 6.14. The topological polar surface area (TPSA) is 17.1 Å². The van der Waals surface area contributed by atoms with Crippen molar-refractivity contribution in [3.63, 3.8) is 0 Å². The molecule has 0 aromatic heterocycles. The Hall–Kier alpha value is -1.58. The molecule has 1 nitrogen and oxygen atoms in total. The molecule has 0 unspecified atom stereocenters. The summed E-state index contributed by atoms with van der Waals surface area (Å²) in [7, 11) is 0. The van der Waals surface area contributed by atoms with Crippen molar-refractivity contribution < 1.29 is 18.0 Å². The van der Waals surface area contributed by atoms with Gasteiger partial charge in [0.05, 0.1) is 0 Å². The molecule has 1 aromatic carbocycles. The van der Waals surface area contributed by atoms with Crippen molar-refractivity contribution in [2.45, 2.75) is 32.4 Å². The third-order valence-corrected chi connectivity index (χ3v) is 2.48. The molecule has 0 atom stereocenters. The van der Waals surface area contributed by atoms with Gasteiger partial charge in [0, 0.05) is 0 Å². The average molecular weight is 256 g/mol. The normalized spacial score (nSPS) is 13.0. The Bertz CT molecular complexity index is 447. The summed E-state index contributed by atoms with van der Waals surface area (Å²) in [5.74, 6) is -1.85. The number of carbonyl (C=O) groups is 1. The van der Waals surface area contributed by atoms with Gasteiger partial charge in [-0.1, -0.05) is 51.1 Å². The van der Waals surface area contributed by atoms with Gasteiger partial charge in [-0.15, -0.1) is 0 Å². The van der Waals surface area contributed by atoms with Crippen LogP contribution < -0.4 is 0 Å². The van der Waals surface area contributed by atoms with Gasteiger partial charge in [-0.3, -0.25) is 4.79 Å². The molecule has 0 aliphatic rings. The molecule has 0 radical (unpaired) electrons. The van der Waals surface area contributed by atoms with Gasteiger partial charge in [-0.05, 0) is 22.6 Å². The average Bonchev–Trinajstić information content (AvgIpc) is 2.24. The maximum Gasteiger partial charge on any atom is 0.454 e. The van der Waals surface area contributed by atoms with E-state index in [0.717, 1.165) is 5.56 Å². The largest absolute Gasteiger partial charge is 0.454 e. The molecule has 0 saturated carbocycles. The Morgan fingerprint density at radius 3 is 1.94 bits per heavy atom.